The zero-order valence-electron chi connectivity index (χ0n) is 11.9. The number of hydrogen-bond donors (Lipinski definition) is 0. The Labute approximate surface area is 124 Å². The highest BCUT2D eigenvalue weighted by molar-refractivity contribution is 7.89. The predicted octanol–water partition coefficient (Wildman–Crippen LogP) is 0.452. The van der Waals surface area contributed by atoms with Gasteiger partial charge in [-0.1, -0.05) is 0 Å². The molecular formula is C13H18N4O3S. The molecule has 0 aliphatic carbocycles. The number of hydrogen-bond acceptors (Lipinski definition) is 6. The molecule has 0 N–H and O–H groups in total. The maximum atomic E-state index is 12.4. The van der Waals surface area contributed by atoms with E-state index in [4.69, 9.17) is 10.00 Å². The van der Waals surface area contributed by atoms with E-state index in [1.54, 1.807) is 12.1 Å². The second-order valence-electron chi connectivity index (χ2n) is 4.70. The molecule has 0 spiro atoms. The van der Waals surface area contributed by atoms with Gasteiger partial charge in [0.25, 0.3) is 0 Å². The molecule has 1 fully saturated rings. The number of nitriles is 1. The molecule has 7 nitrogen and oxygen atoms in total. The third kappa shape index (κ3) is 3.69. The summed E-state index contributed by atoms with van der Waals surface area (Å²) in [6, 6.07) is 5.27. The third-order valence-corrected chi connectivity index (χ3v) is 5.16. The molecule has 0 saturated carbocycles. The molecule has 1 aliphatic rings. The average molecular weight is 310 g/mol. The molecule has 0 bridgehead atoms. The second-order valence-corrected chi connectivity index (χ2v) is 6.64. The topological polar surface area (TPSA) is 86.5 Å². The highest BCUT2D eigenvalue weighted by Crippen LogP contribution is 2.18. The van der Waals surface area contributed by atoms with Gasteiger partial charge in [0.2, 0.25) is 10.0 Å². The Bertz CT molecular complexity index is 603. The number of anilines is 1. The van der Waals surface area contributed by atoms with Crippen LogP contribution < -0.4 is 4.90 Å². The molecule has 0 aromatic carbocycles. The number of rotatable bonds is 5. The Hall–Kier alpha value is -1.69. The van der Waals surface area contributed by atoms with E-state index < -0.39 is 10.0 Å². The first kappa shape index (κ1) is 15.7. The minimum absolute atomic E-state index is 0.182. The standard InChI is InChI=1S/C13H18N4O3S/c1-16(6-2-5-14)13-4-3-12(11-15-13)21(18,19)17-7-9-20-10-8-17/h3-4,11H,2,6-10H2,1H3. The number of morpholine rings is 1. The molecule has 8 heteroatoms. The van der Waals surface area contributed by atoms with Crippen LogP contribution in [-0.2, 0) is 14.8 Å². The summed E-state index contributed by atoms with van der Waals surface area (Å²) in [7, 11) is -1.69. The Morgan fingerprint density at radius 2 is 2.14 bits per heavy atom. The fraction of sp³-hybridized carbons (Fsp3) is 0.538. The van der Waals surface area contributed by atoms with Crippen molar-refractivity contribution in [1.29, 1.82) is 5.26 Å². The highest BCUT2D eigenvalue weighted by Gasteiger charge is 2.26. The van der Waals surface area contributed by atoms with E-state index in [2.05, 4.69) is 11.1 Å². The van der Waals surface area contributed by atoms with Gasteiger partial charge in [-0.15, -0.1) is 0 Å². The summed E-state index contributed by atoms with van der Waals surface area (Å²) in [6.45, 7) is 2.13. The van der Waals surface area contributed by atoms with Crippen LogP contribution in [0.2, 0.25) is 0 Å². The van der Waals surface area contributed by atoms with Gasteiger partial charge >= 0.3 is 0 Å². The Morgan fingerprint density at radius 1 is 1.43 bits per heavy atom. The Balaban J connectivity index is 2.12. The van der Waals surface area contributed by atoms with Crippen molar-refractivity contribution in [2.75, 3.05) is 44.8 Å². The lowest BCUT2D eigenvalue weighted by Gasteiger charge is -2.26. The summed E-state index contributed by atoms with van der Waals surface area (Å²) in [4.78, 5) is 6.17. The molecule has 2 rings (SSSR count). The van der Waals surface area contributed by atoms with Gasteiger partial charge in [0, 0.05) is 32.9 Å². The third-order valence-electron chi connectivity index (χ3n) is 3.28. The summed E-state index contributed by atoms with van der Waals surface area (Å²) >= 11 is 0. The number of nitrogens with zero attached hydrogens (tertiary/aromatic N) is 4. The molecule has 0 radical (unpaired) electrons. The summed E-state index contributed by atoms with van der Waals surface area (Å²) in [6.07, 6.45) is 1.76. The first-order valence-electron chi connectivity index (χ1n) is 6.68. The van der Waals surface area contributed by atoms with Crippen LogP contribution in [0.25, 0.3) is 0 Å². The zero-order valence-corrected chi connectivity index (χ0v) is 12.7. The zero-order chi connectivity index (χ0) is 15.3. The molecule has 0 amide bonds. The second kappa shape index (κ2) is 6.85. The molecule has 1 aromatic heterocycles. The van der Waals surface area contributed by atoms with E-state index in [1.807, 2.05) is 11.9 Å². The maximum Gasteiger partial charge on any atom is 0.244 e. The van der Waals surface area contributed by atoms with Crippen LogP contribution in [0.3, 0.4) is 0 Å². The lowest BCUT2D eigenvalue weighted by molar-refractivity contribution is 0.0730. The van der Waals surface area contributed by atoms with Crippen LogP contribution in [0.1, 0.15) is 6.42 Å². The van der Waals surface area contributed by atoms with Crippen molar-refractivity contribution in [3.63, 3.8) is 0 Å². The summed E-state index contributed by atoms with van der Waals surface area (Å²) in [5.41, 5.74) is 0. The van der Waals surface area contributed by atoms with Crippen LogP contribution in [0.4, 0.5) is 5.82 Å². The number of pyridine rings is 1. The molecule has 21 heavy (non-hydrogen) atoms. The minimum Gasteiger partial charge on any atom is -0.379 e. The summed E-state index contributed by atoms with van der Waals surface area (Å²) < 4.78 is 31.4. The fourth-order valence-corrected chi connectivity index (χ4v) is 3.37. The van der Waals surface area contributed by atoms with Gasteiger partial charge in [-0.3, -0.25) is 0 Å². The molecule has 2 heterocycles. The SMILES string of the molecule is CN(CCC#N)c1ccc(S(=O)(=O)N2CCOCC2)cn1. The average Bonchev–Trinajstić information content (AvgIpc) is 2.53. The van der Waals surface area contributed by atoms with Crippen molar-refractivity contribution in [1.82, 2.24) is 9.29 Å². The lowest BCUT2D eigenvalue weighted by atomic mass is 10.4. The molecule has 1 aliphatic heterocycles. The number of ether oxygens (including phenoxy) is 1. The largest absolute Gasteiger partial charge is 0.379 e. The lowest BCUT2D eigenvalue weighted by Crippen LogP contribution is -2.40. The summed E-state index contributed by atoms with van der Waals surface area (Å²) in [5, 5.41) is 8.56. The van der Waals surface area contributed by atoms with Gasteiger partial charge in [0.1, 0.15) is 10.7 Å². The number of aromatic nitrogens is 1. The molecule has 0 atom stereocenters. The quantitative estimate of drug-likeness (QED) is 0.785. The van der Waals surface area contributed by atoms with E-state index in [1.165, 1.54) is 10.5 Å². The van der Waals surface area contributed by atoms with Crippen molar-refractivity contribution in [3.05, 3.63) is 18.3 Å². The van der Waals surface area contributed by atoms with Gasteiger partial charge in [-0.2, -0.15) is 9.57 Å². The van der Waals surface area contributed by atoms with Crippen LogP contribution in [0.15, 0.2) is 23.2 Å². The van der Waals surface area contributed by atoms with E-state index in [0.717, 1.165) is 0 Å². The molecule has 0 unspecified atom stereocenters. The van der Waals surface area contributed by atoms with Gasteiger partial charge < -0.3 is 9.64 Å². The summed E-state index contributed by atoms with van der Waals surface area (Å²) in [5.74, 6) is 0.645. The van der Waals surface area contributed by atoms with Gasteiger partial charge in [0.15, 0.2) is 0 Å². The van der Waals surface area contributed by atoms with Gasteiger partial charge in [0.05, 0.1) is 25.7 Å². The minimum atomic E-state index is -3.50. The van der Waals surface area contributed by atoms with Crippen molar-refractivity contribution < 1.29 is 13.2 Å². The molecule has 114 valence electrons. The van der Waals surface area contributed by atoms with Crippen LogP contribution in [0, 0.1) is 11.3 Å². The first-order valence-corrected chi connectivity index (χ1v) is 8.12. The highest BCUT2D eigenvalue weighted by atomic mass is 32.2. The van der Waals surface area contributed by atoms with Crippen LogP contribution >= 0.6 is 0 Å². The van der Waals surface area contributed by atoms with E-state index in [-0.39, 0.29) is 4.90 Å². The van der Waals surface area contributed by atoms with Crippen LogP contribution in [0.5, 0.6) is 0 Å². The molecular weight excluding hydrogens is 292 g/mol. The normalized spacial score (nSPS) is 16.4. The predicted molar refractivity (Wildman–Crippen MR) is 77.3 cm³/mol. The first-order chi connectivity index (χ1) is 10.1. The molecule has 1 saturated heterocycles. The van der Waals surface area contributed by atoms with Crippen molar-refractivity contribution in [2.24, 2.45) is 0 Å². The Morgan fingerprint density at radius 3 is 2.71 bits per heavy atom. The van der Waals surface area contributed by atoms with E-state index >= 15 is 0 Å². The van der Waals surface area contributed by atoms with Crippen molar-refractivity contribution >= 4 is 15.8 Å². The fourth-order valence-electron chi connectivity index (χ4n) is 2.02. The van der Waals surface area contributed by atoms with E-state index in [0.29, 0.717) is 45.1 Å². The molecule has 1 aromatic rings. The van der Waals surface area contributed by atoms with E-state index in [9.17, 15) is 8.42 Å². The smallest absolute Gasteiger partial charge is 0.244 e. The van der Waals surface area contributed by atoms with Gasteiger partial charge in [-0.25, -0.2) is 13.4 Å². The van der Waals surface area contributed by atoms with Crippen molar-refractivity contribution in [2.45, 2.75) is 11.3 Å². The Kier molecular flexibility index (Phi) is 5.12. The van der Waals surface area contributed by atoms with Gasteiger partial charge in [-0.05, 0) is 12.1 Å². The maximum absolute atomic E-state index is 12.4. The number of sulfonamides is 1. The van der Waals surface area contributed by atoms with Crippen molar-refractivity contribution in [3.8, 4) is 6.07 Å². The monoisotopic (exact) mass is 310 g/mol. The van der Waals surface area contributed by atoms with Crippen LogP contribution in [-0.4, -0.2) is 57.6 Å².